The first-order valence-electron chi connectivity index (χ1n) is 14.1. The van der Waals surface area contributed by atoms with Crippen LogP contribution in [0.2, 0.25) is 5.02 Å². The first-order chi connectivity index (χ1) is 19.1. The maximum atomic E-state index is 13.2. The number of hydrogen-bond donors (Lipinski definition) is 0. The van der Waals surface area contributed by atoms with Gasteiger partial charge in [0.05, 0.1) is 27.5 Å². The zero-order chi connectivity index (χ0) is 28.6. The number of aromatic nitrogens is 1. The van der Waals surface area contributed by atoms with Gasteiger partial charge in [0, 0.05) is 48.5 Å². The molecule has 1 atom stereocenters. The summed E-state index contributed by atoms with van der Waals surface area (Å²) in [4.78, 5) is 7.47. The summed E-state index contributed by atoms with van der Waals surface area (Å²) in [6, 6.07) is 11.2. The van der Waals surface area contributed by atoms with E-state index in [1.54, 1.807) is 39.3 Å². The van der Waals surface area contributed by atoms with Gasteiger partial charge in [-0.25, -0.2) is 8.42 Å². The van der Waals surface area contributed by atoms with Gasteiger partial charge >= 0.3 is 0 Å². The van der Waals surface area contributed by atoms with Crippen LogP contribution in [0.1, 0.15) is 56.2 Å². The lowest BCUT2D eigenvalue weighted by Gasteiger charge is -2.33. The van der Waals surface area contributed by atoms with Crippen molar-refractivity contribution < 1.29 is 17.9 Å². The molecule has 1 aromatic heterocycles. The molecule has 2 aromatic carbocycles. The standard InChI is InChI=1S/C32H39ClN2O4S/c1-20(2)40(36,37)30-9-7-6-8-24(30)25-18-29(34-19-28(25)33)26-16-21(3)31(27-17-22(4)39-32(26)27)23-10-12-35(13-11-23)14-15-38-5/h6-9,16,18-20,22-23H,10-15,17H2,1-5H3. The average molecular weight is 583 g/mol. The van der Waals surface area contributed by atoms with Crippen molar-refractivity contribution in [2.75, 3.05) is 33.4 Å². The second kappa shape index (κ2) is 11.8. The summed E-state index contributed by atoms with van der Waals surface area (Å²) >= 11 is 6.66. The second-order valence-electron chi connectivity index (χ2n) is 11.3. The van der Waals surface area contributed by atoms with E-state index in [1.165, 1.54) is 16.7 Å². The predicted octanol–water partition coefficient (Wildman–Crippen LogP) is 6.71. The molecule has 0 radical (unpaired) electrons. The Morgan fingerprint density at radius 1 is 1.12 bits per heavy atom. The Hall–Kier alpha value is -2.45. The van der Waals surface area contributed by atoms with Crippen LogP contribution < -0.4 is 4.74 Å². The van der Waals surface area contributed by atoms with Crippen LogP contribution in [0.3, 0.4) is 0 Å². The average Bonchev–Trinajstić information content (AvgIpc) is 3.33. The van der Waals surface area contributed by atoms with Crippen LogP contribution in [-0.2, 0) is 21.0 Å². The highest BCUT2D eigenvalue weighted by atomic mass is 35.5. The summed E-state index contributed by atoms with van der Waals surface area (Å²) in [7, 11) is -1.76. The van der Waals surface area contributed by atoms with Crippen molar-refractivity contribution in [2.45, 2.75) is 69.1 Å². The minimum absolute atomic E-state index is 0.0831. The maximum absolute atomic E-state index is 13.2. The van der Waals surface area contributed by atoms with Crippen molar-refractivity contribution in [2.24, 2.45) is 0 Å². The first kappa shape index (κ1) is 29.1. The number of halogens is 1. The van der Waals surface area contributed by atoms with E-state index < -0.39 is 15.1 Å². The Morgan fingerprint density at radius 2 is 1.85 bits per heavy atom. The fraction of sp³-hybridized carbons (Fsp3) is 0.469. The van der Waals surface area contributed by atoms with E-state index in [2.05, 4.69) is 24.8 Å². The van der Waals surface area contributed by atoms with E-state index in [0.29, 0.717) is 22.1 Å². The lowest BCUT2D eigenvalue weighted by atomic mass is 9.81. The fourth-order valence-corrected chi connectivity index (χ4v) is 7.62. The van der Waals surface area contributed by atoms with Crippen molar-refractivity contribution in [1.82, 2.24) is 9.88 Å². The summed E-state index contributed by atoms with van der Waals surface area (Å²) in [5, 5.41) is -0.136. The Kier molecular flexibility index (Phi) is 8.58. The van der Waals surface area contributed by atoms with E-state index in [1.807, 2.05) is 18.2 Å². The summed E-state index contributed by atoms with van der Waals surface area (Å²) in [5.74, 6) is 1.40. The molecule has 0 bridgehead atoms. The molecule has 0 aliphatic carbocycles. The summed E-state index contributed by atoms with van der Waals surface area (Å²) in [6.45, 7) is 11.6. The number of rotatable bonds is 8. The van der Waals surface area contributed by atoms with Gasteiger partial charge in [0.25, 0.3) is 0 Å². The van der Waals surface area contributed by atoms with Crippen LogP contribution in [0.5, 0.6) is 5.75 Å². The Bertz CT molecular complexity index is 1500. The predicted molar refractivity (Wildman–Crippen MR) is 161 cm³/mol. The molecule has 40 heavy (non-hydrogen) atoms. The van der Waals surface area contributed by atoms with Crippen LogP contribution in [0.25, 0.3) is 22.4 Å². The maximum Gasteiger partial charge on any atom is 0.181 e. The van der Waals surface area contributed by atoms with E-state index in [-0.39, 0.29) is 11.0 Å². The largest absolute Gasteiger partial charge is 0.489 e. The molecule has 2 aliphatic heterocycles. The van der Waals surface area contributed by atoms with Crippen molar-refractivity contribution in [1.29, 1.82) is 0 Å². The summed E-state index contributed by atoms with van der Waals surface area (Å²) in [5.41, 5.74) is 6.87. The molecule has 5 rings (SSSR count). The molecule has 3 aromatic rings. The number of likely N-dealkylation sites (tertiary alicyclic amines) is 1. The third-order valence-electron chi connectivity index (χ3n) is 8.28. The Balaban J connectivity index is 1.56. The van der Waals surface area contributed by atoms with Crippen LogP contribution >= 0.6 is 11.6 Å². The molecule has 1 unspecified atom stereocenters. The fourth-order valence-electron chi connectivity index (χ4n) is 6.16. The van der Waals surface area contributed by atoms with Crippen molar-refractivity contribution >= 4 is 21.4 Å². The molecule has 1 saturated heterocycles. The highest BCUT2D eigenvalue weighted by Gasteiger charge is 2.32. The van der Waals surface area contributed by atoms with E-state index >= 15 is 0 Å². The topological polar surface area (TPSA) is 68.7 Å². The van der Waals surface area contributed by atoms with Gasteiger partial charge in [0.15, 0.2) is 9.84 Å². The summed E-state index contributed by atoms with van der Waals surface area (Å²) < 4.78 is 38.1. The molecule has 6 nitrogen and oxygen atoms in total. The molecule has 0 saturated carbocycles. The van der Waals surface area contributed by atoms with Crippen LogP contribution in [0, 0.1) is 6.92 Å². The number of ether oxygens (including phenoxy) is 2. The van der Waals surface area contributed by atoms with Gasteiger partial charge in [-0.3, -0.25) is 4.98 Å². The number of fused-ring (bicyclic) bond motifs is 1. The number of methoxy groups -OCH3 is 1. The SMILES string of the molecule is COCCN1CCC(c2c(C)cc(-c3cc(-c4ccccc4S(=O)(=O)C(C)C)c(Cl)cn3)c3c2CC(C)O3)CC1. The summed E-state index contributed by atoms with van der Waals surface area (Å²) in [6.07, 6.45) is 4.82. The number of piperidine rings is 1. The zero-order valence-electron chi connectivity index (χ0n) is 24.0. The number of nitrogens with zero attached hydrogens (tertiary/aromatic N) is 2. The number of aryl methyl sites for hydroxylation is 1. The molecule has 1 fully saturated rings. The van der Waals surface area contributed by atoms with E-state index in [0.717, 1.165) is 62.5 Å². The normalized spacial score (nSPS) is 18.2. The molecule has 0 N–H and O–H groups in total. The van der Waals surface area contributed by atoms with Crippen molar-refractivity contribution in [3.8, 4) is 28.1 Å². The van der Waals surface area contributed by atoms with E-state index in [4.69, 9.17) is 26.1 Å². The van der Waals surface area contributed by atoms with E-state index in [9.17, 15) is 8.42 Å². The van der Waals surface area contributed by atoms with Crippen LogP contribution in [0.15, 0.2) is 47.5 Å². The monoisotopic (exact) mass is 582 g/mol. The molecule has 8 heteroatoms. The Morgan fingerprint density at radius 3 is 2.55 bits per heavy atom. The highest BCUT2D eigenvalue weighted by Crippen LogP contribution is 2.47. The number of hydrogen-bond acceptors (Lipinski definition) is 6. The van der Waals surface area contributed by atoms with Crippen LogP contribution in [-0.4, -0.2) is 63.0 Å². The second-order valence-corrected chi connectivity index (χ2v) is 14.2. The van der Waals surface area contributed by atoms with Gasteiger partial charge in [-0.1, -0.05) is 29.8 Å². The van der Waals surface area contributed by atoms with Gasteiger partial charge in [0.1, 0.15) is 11.9 Å². The molecule has 3 heterocycles. The first-order valence-corrected chi connectivity index (χ1v) is 16.1. The number of sulfone groups is 1. The smallest absolute Gasteiger partial charge is 0.181 e. The molecule has 214 valence electrons. The third kappa shape index (κ3) is 5.54. The Labute approximate surface area is 243 Å². The molecule has 0 spiro atoms. The zero-order valence-corrected chi connectivity index (χ0v) is 25.6. The van der Waals surface area contributed by atoms with Gasteiger partial charge < -0.3 is 14.4 Å². The minimum atomic E-state index is -3.52. The molecular formula is C32H39ClN2O4S. The minimum Gasteiger partial charge on any atom is -0.489 e. The molecular weight excluding hydrogens is 544 g/mol. The lowest BCUT2D eigenvalue weighted by Crippen LogP contribution is -2.35. The van der Waals surface area contributed by atoms with Gasteiger partial charge in [-0.15, -0.1) is 0 Å². The van der Waals surface area contributed by atoms with Crippen molar-refractivity contribution in [3.05, 3.63) is 64.3 Å². The molecule has 0 amide bonds. The van der Waals surface area contributed by atoms with Gasteiger partial charge in [0.2, 0.25) is 0 Å². The number of pyridine rings is 1. The van der Waals surface area contributed by atoms with Gasteiger partial charge in [-0.2, -0.15) is 0 Å². The quantitative estimate of drug-likeness (QED) is 0.294. The van der Waals surface area contributed by atoms with Crippen LogP contribution in [0.4, 0.5) is 0 Å². The number of benzene rings is 2. The lowest BCUT2D eigenvalue weighted by molar-refractivity contribution is 0.130. The van der Waals surface area contributed by atoms with Crippen molar-refractivity contribution in [3.63, 3.8) is 0 Å². The molecule has 2 aliphatic rings. The van der Waals surface area contributed by atoms with Gasteiger partial charge in [-0.05, 0) is 88.9 Å². The third-order valence-corrected chi connectivity index (χ3v) is 10.8. The highest BCUT2D eigenvalue weighted by molar-refractivity contribution is 7.92.